The smallest absolute Gasteiger partial charge is 0.339 e. The normalized spacial score (nSPS) is 26.3. The van der Waals surface area contributed by atoms with Gasteiger partial charge in [0.25, 0.3) is 0 Å². The second kappa shape index (κ2) is 6.51. The highest BCUT2D eigenvalue weighted by molar-refractivity contribution is 5.88. The molecule has 1 heterocycles. The van der Waals surface area contributed by atoms with Gasteiger partial charge >= 0.3 is 17.9 Å². The van der Waals surface area contributed by atoms with E-state index in [1.807, 2.05) is 0 Å². The van der Waals surface area contributed by atoms with E-state index in [4.69, 9.17) is 14.6 Å². The fourth-order valence-corrected chi connectivity index (χ4v) is 1.98. The number of esters is 2. The summed E-state index contributed by atoms with van der Waals surface area (Å²) in [6.45, 7) is 4.62. The summed E-state index contributed by atoms with van der Waals surface area (Å²) in [7, 11) is 0. The van der Waals surface area contributed by atoms with Gasteiger partial charge in [-0.05, 0) is 19.8 Å². The molecule has 20 heavy (non-hydrogen) atoms. The van der Waals surface area contributed by atoms with E-state index in [-0.39, 0.29) is 31.6 Å². The van der Waals surface area contributed by atoms with Gasteiger partial charge in [0.15, 0.2) is 5.60 Å². The molecule has 0 aromatic carbocycles. The lowest BCUT2D eigenvalue weighted by atomic mass is 9.82. The molecule has 0 amide bonds. The summed E-state index contributed by atoms with van der Waals surface area (Å²) >= 11 is 0. The highest BCUT2D eigenvalue weighted by Gasteiger charge is 2.50. The maximum Gasteiger partial charge on any atom is 0.339 e. The first kappa shape index (κ1) is 16.2. The third-order valence-electron chi connectivity index (χ3n) is 3.16. The first-order valence-electron chi connectivity index (χ1n) is 6.24. The van der Waals surface area contributed by atoms with E-state index >= 15 is 0 Å². The lowest BCUT2D eigenvalue weighted by Gasteiger charge is -2.28. The average molecular weight is 286 g/mol. The minimum atomic E-state index is -2.18. The van der Waals surface area contributed by atoms with E-state index in [2.05, 4.69) is 6.58 Å². The Morgan fingerprint density at radius 3 is 2.75 bits per heavy atom. The largest absolute Gasteiger partial charge is 0.481 e. The Labute approximate surface area is 116 Å². The minimum Gasteiger partial charge on any atom is -0.481 e. The molecule has 1 rings (SSSR count). The summed E-state index contributed by atoms with van der Waals surface area (Å²) in [5.41, 5.74) is -2.01. The molecule has 1 aliphatic heterocycles. The molecule has 0 saturated carbocycles. The summed E-state index contributed by atoms with van der Waals surface area (Å²) in [4.78, 5) is 34.2. The Balaban J connectivity index is 2.77. The van der Waals surface area contributed by atoms with Crippen LogP contribution in [0.5, 0.6) is 0 Å². The Morgan fingerprint density at radius 2 is 2.20 bits per heavy atom. The summed E-state index contributed by atoms with van der Waals surface area (Å²) in [5, 5.41) is 19.5. The first-order chi connectivity index (χ1) is 9.29. The van der Waals surface area contributed by atoms with E-state index in [9.17, 15) is 19.5 Å². The Hall–Kier alpha value is -1.89. The van der Waals surface area contributed by atoms with Crippen LogP contribution in [0.15, 0.2) is 12.2 Å². The van der Waals surface area contributed by atoms with Crippen LogP contribution in [0.3, 0.4) is 0 Å². The van der Waals surface area contributed by atoms with Crippen molar-refractivity contribution >= 4 is 17.9 Å². The van der Waals surface area contributed by atoms with Crippen LogP contribution < -0.4 is 0 Å². The highest BCUT2D eigenvalue weighted by Crippen LogP contribution is 2.30. The number of rotatable bonds is 5. The van der Waals surface area contributed by atoms with Crippen LogP contribution in [0.25, 0.3) is 0 Å². The number of carboxylic acids is 1. The molecule has 0 aliphatic carbocycles. The van der Waals surface area contributed by atoms with Crippen molar-refractivity contribution in [2.75, 3.05) is 13.2 Å². The van der Waals surface area contributed by atoms with Crippen molar-refractivity contribution in [1.82, 2.24) is 0 Å². The fraction of sp³-hybridized carbons (Fsp3) is 0.615. The van der Waals surface area contributed by atoms with Crippen molar-refractivity contribution in [2.24, 2.45) is 5.92 Å². The number of hydrogen-bond donors (Lipinski definition) is 2. The third kappa shape index (κ3) is 3.57. The van der Waals surface area contributed by atoms with Crippen molar-refractivity contribution in [3.05, 3.63) is 12.2 Å². The Kier molecular flexibility index (Phi) is 5.26. The summed E-state index contributed by atoms with van der Waals surface area (Å²) in [5.74, 6) is -4.21. The van der Waals surface area contributed by atoms with Crippen molar-refractivity contribution in [3.8, 4) is 0 Å². The van der Waals surface area contributed by atoms with E-state index in [0.717, 1.165) is 0 Å². The van der Waals surface area contributed by atoms with Gasteiger partial charge in [-0.3, -0.25) is 4.79 Å². The molecule has 1 aliphatic rings. The van der Waals surface area contributed by atoms with E-state index in [0.29, 0.717) is 6.42 Å². The number of carboxylic acid groups (broad SMARTS) is 1. The summed E-state index contributed by atoms with van der Waals surface area (Å²) < 4.78 is 9.58. The van der Waals surface area contributed by atoms with Crippen molar-refractivity contribution in [1.29, 1.82) is 0 Å². The van der Waals surface area contributed by atoms with Crippen LogP contribution >= 0.6 is 0 Å². The van der Waals surface area contributed by atoms with Crippen LogP contribution in [0.2, 0.25) is 0 Å². The summed E-state index contributed by atoms with van der Waals surface area (Å²) in [6.07, 6.45) is 0.143. The lowest BCUT2D eigenvalue weighted by Crippen LogP contribution is -2.49. The standard InChI is InChI=1S/C13H18O7/c1-8(2)11(16)19-7-5-13(18)9(10(14)15)4-3-6-20-12(13)17/h9,18H,1,3-7H2,2H3,(H,14,15). The molecule has 0 bridgehead atoms. The number of ether oxygens (including phenoxy) is 2. The predicted molar refractivity (Wildman–Crippen MR) is 66.7 cm³/mol. The van der Waals surface area contributed by atoms with Crippen molar-refractivity contribution in [3.63, 3.8) is 0 Å². The topological polar surface area (TPSA) is 110 Å². The molecule has 2 atom stereocenters. The zero-order chi connectivity index (χ0) is 15.3. The monoisotopic (exact) mass is 286 g/mol. The number of hydrogen-bond acceptors (Lipinski definition) is 6. The molecule has 112 valence electrons. The first-order valence-corrected chi connectivity index (χ1v) is 6.24. The molecular formula is C13H18O7. The quantitative estimate of drug-likeness (QED) is 0.551. The Bertz CT molecular complexity index is 428. The van der Waals surface area contributed by atoms with E-state index < -0.39 is 29.4 Å². The van der Waals surface area contributed by atoms with Crippen molar-refractivity contribution in [2.45, 2.75) is 31.8 Å². The van der Waals surface area contributed by atoms with E-state index in [1.54, 1.807) is 0 Å². The second-order valence-electron chi connectivity index (χ2n) is 4.76. The molecule has 1 saturated heterocycles. The molecule has 2 unspecified atom stereocenters. The van der Waals surface area contributed by atoms with Gasteiger partial charge in [0.2, 0.25) is 0 Å². The van der Waals surface area contributed by atoms with Gasteiger partial charge in [0.1, 0.15) is 0 Å². The number of carbonyl (C=O) groups excluding carboxylic acids is 2. The number of aliphatic hydroxyl groups is 1. The molecular weight excluding hydrogens is 268 g/mol. The van der Waals surface area contributed by atoms with Gasteiger partial charge in [0.05, 0.1) is 19.1 Å². The van der Waals surface area contributed by atoms with Gasteiger partial charge in [-0.15, -0.1) is 0 Å². The van der Waals surface area contributed by atoms with Gasteiger partial charge in [-0.2, -0.15) is 0 Å². The number of cyclic esters (lactones) is 1. The zero-order valence-corrected chi connectivity index (χ0v) is 11.3. The van der Waals surface area contributed by atoms with Crippen LogP contribution in [-0.4, -0.2) is 46.9 Å². The number of carbonyl (C=O) groups is 3. The van der Waals surface area contributed by atoms with Crippen LogP contribution in [-0.2, 0) is 23.9 Å². The molecule has 7 nitrogen and oxygen atoms in total. The second-order valence-corrected chi connectivity index (χ2v) is 4.76. The maximum absolute atomic E-state index is 11.8. The van der Waals surface area contributed by atoms with Crippen molar-refractivity contribution < 1.29 is 34.1 Å². The molecule has 0 radical (unpaired) electrons. The molecule has 0 aromatic rings. The zero-order valence-electron chi connectivity index (χ0n) is 11.3. The molecule has 2 N–H and O–H groups in total. The van der Waals surface area contributed by atoms with Crippen LogP contribution in [0.1, 0.15) is 26.2 Å². The van der Waals surface area contributed by atoms with Gasteiger partial charge < -0.3 is 19.7 Å². The third-order valence-corrected chi connectivity index (χ3v) is 3.16. The highest BCUT2D eigenvalue weighted by atomic mass is 16.6. The molecule has 0 spiro atoms. The van der Waals surface area contributed by atoms with E-state index in [1.165, 1.54) is 6.92 Å². The molecule has 1 fully saturated rings. The van der Waals surface area contributed by atoms with Gasteiger partial charge in [-0.25, -0.2) is 9.59 Å². The lowest BCUT2D eigenvalue weighted by molar-refractivity contribution is -0.179. The summed E-state index contributed by atoms with van der Waals surface area (Å²) in [6, 6.07) is 0. The predicted octanol–water partition coefficient (Wildman–Crippen LogP) is 0.265. The number of aliphatic carboxylic acids is 1. The minimum absolute atomic E-state index is 0.0659. The van der Waals surface area contributed by atoms with Gasteiger partial charge in [-0.1, -0.05) is 6.58 Å². The van der Waals surface area contributed by atoms with Gasteiger partial charge in [0, 0.05) is 12.0 Å². The maximum atomic E-state index is 11.8. The van der Waals surface area contributed by atoms with Crippen LogP contribution in [0.4, 0.5) is 0 Å². The SMILES string of the molecule is C=C(C)C(=O)OCCC1(O)C(=O)OCCCC1C(=O)O. The van der Waals surface area contributed by atoms with Crippen LogP contribution in [0, 0.1) is 5.92 Å². The Morgan fingerprint density at radius 1 is 1.55 bits per heavy atom. The average Bonchev–Trinajstić information content (AvgIpc) is 2.50. The fourth-order valence-electron chi connectivity index (χ4n) is 1.98. The molecule has 0 aromatic heterocycles. The molecule has 7 heteroatoms.